The number of benzene rings is 2. The number of hydrogen-bond donors (Lipinski definition) is 6. The second kappa shape index (κ2) is 9.84. The van der Waals surface area contributed by atoms with Crippen molar-refractivity contribution in [1.82, 2.24) is 10.4 Å². The van der Waals surface area contributed by atoms with Gasteiger partial charge in [0.1, 0.15) is 22.8 Å². The van der Waals surface area contributed by atoms with Gasteiger partial charge in [-0.25, -0.2) is 5.48 Å². The van der Waals surface area contributed by atoms with Gasteiger partial charge in [-0.2, -0.15) is 0 Å². The molecule has 2 aromatic carbocycles. The lowest BCUT2D eigenvalue weighted by molar-refractivity contribution is -0.153. The monoisotopic (exact) mass is 563 g/mol. The molecule has 0 bridgehead atoms. The number of aliphatic hydroxyl groups excluding tert-OH is 2. The molecular formula is C29H29N3O9. The Balaban J connectivity index is 1.70. The molecule has 0 heterocycles. The number of rotatable bonds is 5. The van der Waals surface area contributed by atoms with Crippen molar-refractivity contribution < 1.29 is 44.4 Å². The lowest BCUT2D eigenvalue weighted by Crippen LogP contribution is -2.65. The summed E-state index contributed by atoms with van der Waals surface area (Å²) in [4.78, 5) is 57.8. The Bertz CT molecular complexity index is 1590. The molecule has 0 radical (unpaired) electrons. The van der Waals surface area contributed by atoms with Crippen LogP contribution in [0, 0.1) is 11.8 Å². The van der Waals surface area contributed by atoms with Crippen LogP contribution in [0.4, 0.5) is 0 Å². The number of phenols is 1. The lowest BCUT2D eigenvalue weighted by atomic mass is 9.57. The summed E-state index contributed by atoms with van der Waals surface area (Å²) < 4.78 is 0. The van der Waals surface area contributed by atoms with Crippen molar-refractivity contribution in [3.05, 3.63) is 70.0 Å². The maximum atomic E-state index is 14.0. The van der Waals surface area contributed by atoms with E-state index in [0.29, 0.717) is 22.3 Å². The van der Waals surface area contributed by atoms with Gasteiger partial charge in [0.2, 0.25) is 5.78 Å². The summed E-state index contributed by atoms with van der Waals surface area (Å²) in [5, 5.41) is 44.9. The van der Waals surface area contributed by atoms with Crippen LogP contribution in [0.15, 0.2) is 53.3 Å². The minimum Gasteiger partial charge on any atom is -0.508 e. The van der Waals surface area contributed by atoms with Crippen LogP contribution in [0.3, 0.4) is 0 Å². The van der Waals surface area contributed by atoms with Crippen molar-refractivity contribution in [3.8, 4) is 16.9 Å². The molecule has 2 aromatic rings. The highest BCUT2D eigenvalue weighted by Gasteiger charge is 2.64. The van der Waals surface area contributed by atoms with Crippen molar-refractivity contribution in [2.24, 2.45) is 17.6 Å². The summed E-state index contributed by atoms with van der Waals surface area (Å²) in [5.41, 5.74) is 5.70. The van der Waals surface area contributed by atoms with Gasteiger partial charge in [0.05, 0.1) is 18.7 Å². The van der Waals surface area contributed by atoms with Gasteiger partial charge in [-0.05, 0) is 67.7 Å². The summed E-state index contributed by atoms with van der Waals surface area (Å²) in [6.45, 7) is 0. The lowest BCUT2D eigenvalue weighted by Gasteiger charge is -2.50. The number of hydroxylamine groups is 1. The van der Waals surface area contributed by atoms with Crippen LogP contribution >= 0.6 is 0 Å². The maximum Gasteiger partial charge on any atom is 0.274 e. The molecule has 0 spiro atoms. The first-order valence-corrected chi connectivity index (χ1v) is 12.8. The van der Waals surface area contributed by atoms with E-state index in [9.17, 15) is 39.6 Å². The van der Waals surface area contributed by atoms with Crippen molar-refractivity contribution >= 4 is 29.1 Å². The zero-order chi connectivity index (χ0) is 30.0. The number of aromatic hydroxyl groups is 1. The average molecular weight is 564 g/mol. The van der Waals surface area contributed by atoms with Gasteiger partial charge in [-0.15, -0.1) is 0 Å². The summed E-state index contributed by atoms with van der Waals surface area (Å²) in [7, 11) is 4.38. The molecule has 4 atom stereocenters. The molecule has 12 nitrogen and oxygen atoms in total. The van der Waals surface area contributed by atoms with E-state index in [4.69, 9.17) is 10.6 Å². The minimum absolute atomic E-state index is 0.0306. The number of Topliss-reactive ketones (excluding diaryl/α,β-unsaturated/α-hetero) is 2. The number of nitrogens with zero attached hydrogens (tertiary/aromatic N) is 1. The Hall–Kier alpha value is -4.52. The van der Waals surface area contributed by atoms with Crippen molar-refractivity contribution in [2.45, 2.75) is 24.5 Å². The van der Waals surface area contributed by atoms with Gasteiger partial charge in [-0.3, -0.25) is 28.9 Å². The maximum absolute atomic E-state index is 14.0. The largest absolute Gasteiger partial charge is 0.508 e. The van der Waals surface area contributed by atoms with Gasteiger partial charge >= 0.3 is 0 Å². The molecule has 0 aliphatic heterocycles. The molecule has 7 N–H and O–H groups in total. The second-order valence-corrected chi connectivity index (χ2v) is 10.7. The quantitative estimate of drug-likeness (QED) is 0.225. The topological polar surface area (TPSA) is 200 Å². The van der Waals surface area contributed by atoms with E-state index in [1.807, 2.05) is 0 Å². The summed E-state index contributed by atoms with van der Waals surface area (Å²) in [6, 6.07) is 8.39. The van der Waals surface area contributed by atoms with Gasteiger partial charge in [0, 0.05) is 17.1 Å². The molecule has 2 amide bonds. The number of carbonyl (C=O) groups excluding carboxylic acids is 4. The number of primary amides is 1. The third kappa shape index (κ3) is 4.02. The summed E-state index contributed by atoms with van der Waals surface area (Å²) in [5.74, 6) is -7.64. The SMILES string of the molecule is CONC(=O)c1cccc(-c2ccc(O)c3c2C[C@H]2C[C@H]4[C@H](N(C)C)C(=O)C(C(N)=O)=C(O)[C@@]4(O)C(=O)C2=C3O)c1. The molecule has 41 heavy (non-hydrogen) atoms. The number of nitrogens with two attached hydrogens (primary N) is 1. The first kappa shape index (κ1) is 28.0. The van der Waals surface area contributed by atoms with Crippen LogP contribution in [0.25, 0.3) is 16.9 Å². The van der Waals surface area contributed by atoms with E-state index in [1.165, 1.54) is 32.2 Å². The average Bonchev–Trinajstić information content (AvgIpc) is 2.90. The van der Waals surface area contributed by atoms with E-state index in [-0.39, 0.29) is 29.7 Å². The predicted molar refractivity (Wildman–Crippen MR) is 144 cm³/mol. The summed E-state index contributed by atoms with van der Waals surface area (Å²) in [6.07, 6.45) is 0.0872. The molecule has 3 aliphatic rings. The third-order valence-electron chi connectivity index (χ3n) is 8.23. The first-order chi connectivity index (χ1) is 19.3. The Kier molecular flexibility index (Phi) is 6.72. The Morgan fingerprint density at radius 1 is 1.12 bits per heavy atom. The number of fused-ring (bicyclic) bond motifs is 3. The van der Waals surface area contributed by atoms with E-state index < -0.39 is 64.0 Å². The molecule has 0 aromatic heterocycles. The zero-order valence-electron chi connectivity index (χ0n) is 22.5. The molecule has 5 rings (SSSR count). The molecule has 12 heteroatoms. The molecular weight excluding hydrogens is 534 g/mol. The Morgan fingerprint density at radius 2 is 1.83 bits per heavy atom. The number of carbonyl (C=O) groups is 4. The first-order valence-electron chi connectivity index (χ1n) is 12.8. The van der Waals surface area contributed by atoms with Gasteiger partial charge in [0.15, 0.2) is 11.4 Å². The molecule has 0 unspecified atom stereocenters. The molecule has 214 valence electrons. The predicted octanol–water partition coefficient (Wildman–Crippen LogP) is 0.922. The van der Waals surface area contributed by atoms with Crippen LogP contribution < -0.4 is 11.2 Å². The van der Waals surface area contributed by atoms with Gasteiger partial charge < -0.3 is 26.2 Å². The van der Waals surface area contributed by atoms with Crippen LogP contribution in [0.5, 0.6) is 5.75 Å². The normalized spacial score (nSPS) is 25.5. The number of ketones is 2. The van der Waals surface area contributed by atoms with Crippen LogP contribution in [-0.2, 0) is 25.6 Å². The second-order valence-electron chi connectivity index (χ2n) is 10.7. The Morgan fingerprint density at radius 3 is 2.46 bits per heavy atom. The number of aliphatic hydroxyl groups is 3. The van der Waals surface area contributed by atoms with Crippen LogP contribution in [0.2, 0.25) is 0 Å². The van der Waals surface area contributed by atoms with Gasteiger partial charge in [0.25, 0.3) is 11.8 Å². The van der Waals surface area contributed by atoms with Crippen LogP contribution in [-0.4, -0.2) is 81.6 Å². The van der Waals surface area contributed by atoms with E-state index in [1.54, 1.807) is 30.3 Å². The molecule has 3 aliphatic carbocycles. The fraction of sp³-hybridized carbons (Fsp3) is 0.310. The number of likely N-dealkylation sites (N-methyl/N-ethyl adjacent to an activating group) is 1. The fourth-order valence-corrected chi connectivity index (χ4v) is 6.49. The number of nitrogens with one attached hydrogen (secondary N) is 1. The molecule has 0 saturated heterocycles. The van der Waals surface area contributed by atoms with Crippen molar-refractivity contribution in [3.63, 3.8) is 0 Å². The highest BCUT2D eigenvalue weighted by Crippen LogP contribution is 2.53. The fourth-order valence-electron chi connectivity index (χ4n) is 6.49. The standard InChI is InChI=1S/C29H29N3O9/c1-32(2)22-17-11-14-10-16-15(12-5-4-6-13(9-12)28(39)31-41-3)7-8-18(33)20(16)23(34)19(14)25(36)29(17,40)26(37)21(24(22)35)27(30)38/h4-9,14,17,22,33-34,37,40H,10-11H2,1-3H3,(H2,30,38)(H,31,39)/t14-,17-,22-,29-/m0/s1. The molecule has 1 fully saturated rings. The van der Waals surface area contributed by atoms with Crippen molar-refractivity contribution in [1.29, 1.82) is 0 Å². The highest BCUT2D eigenvalue weighted by atomic mass is 16.6. The van der Waals surface area contributed by atoms with Gasteiger partial charge in [-0.1, -0.05) is 18.2 Å². The van der Waals surface area contributed by atoms with E-state index in [2.05, 4.69) is 5.48 Å². The van der Waals surface area contributed by atoms with E-state index in [0.717, 1.165) is 0 Å². The third-order valence-corrected chi connectivity index (χ3v) is 8.23. The van der Waals surface area contributed by atoms with Crippen LogP contribution in [0.1, 0.15) is 27.9 Å². The zero-order valence-corrected chi connectivity index (χ0v) is 22.5. The highest BCUT2D eigenvalue weighted by molar-refractivity contribution is 6.24. The molecule has 1 saturated carbocycles. The number of phenolic OH excluding ortho intramolecular Hbond substituents is 1. The Labute approximate surface area is 234 Å². The number of hydrogen-bond acceptors (Lipinski definition) is 10. The van der Waals surface area contributed by atoms with Crippen molar-refractivity contribution in [2.75, 3.05) is 21.2 Å². The van der Waals surface area contributed by atoms with E-state index >= 15 is 0 Å². The number of amides is 2. The smallest absolute Gasteiger partial charge is 0.274 e. The summed E-state index contributed by atoms with van der Waals surface area (Å²) >= 11 is 0. The minimum atomic E-state index is -2.71.